The standard InChI is InChI=1S/C11H19NO3/c1-13-7-8-15-11-4-2-3-10(9-11)14-6-5-12/h2-4,10H,5-9,12H2,1H3. The number of methoxy groups -OCH3 is 1. The van der Waals surface area contributed by atoms with Crippen LogP contribution >= 0.6 is 0 Å². The number of nitrogens with two attached hydrogens (primary N) is 1. The van der Waals surface area contributed by atoms with Crippen LogP contribution in [0.1, 0.15) is 6.42 Å². The summed E-state index contributed by atoms with van der Waals surface area (Å²) in [5, 5.41) is 0. The Morgan fingerprint density at radius 1 is 1.40 bits per heavy atom. The molecule has 0 heterocycles. The molecule has 0 aromatic rings. The lowest BCUT2D eigenvalue weighted by atomic mass is 10.1. The summed E-state index contributed by atoms with van der Waals surface area (Å²) in [6, 6.07) is 0. The maximum Gasteiger partial charge on any atom is 0.111 e. The van der Waals surface area contributed by atoms with Gasteiger partial charge in [0.2, 0.25) is 0 Å². The van der Waals surface area contributed by atoms with Crippen LogP contribution < -0.4 is 5.73 Å². The highest BCUT2D eigenvalue weighted by atomic mass is 16.5. The van der Waals surface area contributed by atoms with Crippen molar-refractivity contribution in [3.05, 3.63) is 24.0 Å². The molecular formula is C11H19NO3. The molecule has 0 fully saturated rings. The first-order chi connectivity index (χ1) is 7.36. The molecule has 4 nitrogen and oxygen atoms in total. The Balaban J connectivity index is 2.23. The van der Waals surface area contributed by atoms with Gasteiger partial charge >= 0.3 is 0 Å². The van der Waals surface area contributed by atoms with E-state index in [1.807, 2.05) is 18.2 Å². The molecule has 1 atom stereocenters. The maximum absolute atomic E-state index is 5.51. The lowest BCUT2D eigenvalue weighted by Gasteiger charge is -2.19. The van der Waals surface area contributed by atoms with Crippen LogP contribution in [0, 0.1) is 0 Å². The van der Waals surface area contributed by atoms with Gasteiger partial charge in [-0.3, -0.25) is 0 Å². The van der Waals surface area contributed by atoms with Crippen molar-refractivity contribution >= 4 is 0 Å². The molecule has 0 amide bonds. The fourth-order valence-electron chi connectivity index (χ4n) is 1.32. The Morgan fingerprint density at radius 2 is 2.27 bits per heavy atom. The highest BCUT2D eigenvalue weighted by Gasteiger charge is 2.12. The largest absolute Gasteiger partial charge is 0.495 e. The van der Waals surface area contributed by atoms with Crippen molar-refractivity contribution < 1.29 is 14.2 Å². The highest BCUT2D eigenvalue weighted by molar-refractivity contribution is 5.16. The van der Waals surface area contributed by atoms with E-state index in [9.17, 15) is 0 Å². The Kier molecular flexibility index (Phi) is 6.08. The van der Waals surface area contributed by atoms with E-state index in [0.717, 1.165) is 12.2 Å². The van der Waals surface area contributed by atoms with Gasteiger partial charge in [-0.15, -0.1) is 0 Å². The van der Waals surface area contributed by atoms with Crippen molar-refractivity contribution in [2.75, 3.05) is 33.5 Å². The Morgan fingerprint density at radius 3 is 3.00 bits per heavy atom. The second-order valence-electron chi connectivity index (χ2n) is 3.26. The lowest BCUT2D eigenvalue weighted by molar-refractivity contribution is 0.0620. The first-order valence-corrected chi connectivity index (χ1v) is 5.17. The molecule has 15 heavy (non-hydrogen) atoms. The molecule has 0 aliphatic heterocycles. The third kappa shape index (κ3) is 4.97. The van der Waals surface area contributed by atoms with Crippen LogP contribution in [0.4, 0.5) is 0 Å². The van der Waals surface area contributed by atoms with Crippen LogP contribution in [0.25, 0.3) is 0 Å². The molecule has 1 aliphatic rings. The summed E-state index contributed by atoms with van der Waals surface area (Å²) in [6.07, 6.45) is 6.79. The van der Waals surface area contributed by atoms with E-state index >= 15 is 0 Å². The first kappa shape index (κ1) is 12.2. The molecule has 0 aromatic carbocycles. The average Bonchev–Trinajstić information content (AvgIpc) is 2.27. The van der Waals surface area contributed by atoms with Crippen LogP contribution in [-0.2, 0) is 14.2 Å². The lowest BCUT2D eigenvalue weighted by Crippen LogP contribution is -2.19. The number of allylic oxidation sites excluding steroid dienone is 2. The molecule has 1 rings (SSSR count). The summed E-state index contributed by atoms with van der Waals surface area (Å²) < 4.78 is 15.9. The molecule has 1 unspecified atom stereocenters. The van der Waals surface area contributed by atoms with E-state index in [4.69, 9.17) is 19.9 Å². The second kappa shape index (κ2) is 7.45. The van der Waals surface area contributed by atoms with Gasteiger partial charge in [0, 0.05) is 20.1 Å². The van der Waals surface area contributed by atoms with E-state index in [1.165, 1.54) is 0 Å². The third-order valence-corrected chi connectivity index (χ3v) is 2.03. The van der Waals surface area contributed by atoms with Crippen molar-refractivity contribution in [1.82, 2.24) is 0 Å². The third-order valence-electron chi connectivity index (χ3n) is 2.03. The maximum atomic E-state index is 5.51. The van der Waals surface area contributed by atoms with Crippen molar-refractivity contribution in [2.45, 2.75) is 12.5 Å². The Labute approximate surface area is 90.7 Å². The van der Waals surface area contributed by atoms with Crippen LogP contribution in [0.3, 0.4) is 0 Å². The molecule has 0 saturated carbocycles. The molecule has 86 valence electrons. The number of ether oxygens (including phenoxy) is 3. The van der Waals surface area contributed by atoms with Crippen LogP contribution in [0.2, 0.25) is 0 Å². The van der Waals surface area contributed by atoms with Gasteiger partial charge < -0.3 is 19.9 Å². The van der Waals surface area contributed by atoms with Gasteiger partial charge in [0.25, 0.3) is 0 Å². The summed E-state index contributed by atoms with van der Waals surface area (Å²) in [7, 11) is 1.66. The van der Waals surface area contributed by atoms with Crippen LogP contribution in [-0.4, -0.2) is 39.6 Å². The van der Waals surface area contributed by atoms with Crippen molar-refractivity contribution in [2.24, 2.45) is 5.73 Å². The highest BCUT2D eigenvalue weighted by Crippen LogP contribution is 2.16. The summed E-state index contributed by atoms with van der Waals surface area (Å²) in [6.45, 7) is 2.32. The normalized spacial score (nSPS) is 20.1. The van der Waals surface area contributed by atoms with Gasteiger partial charge in [0.15, 0.2) is 0 Å². The molecule has 2 N–H and O–H groups in total. The molecule has 0 bridgehead atoms. The molecule has 0 spiro atoms. The molecule has 4 heteroatoms. The minimum atomic E-state index is 0.0936. The monoisotopic (exact) mass is 213 g/mol. The predicted octanol–water partition coefficient (Wildman–Crippen LogP) is 0.837. The van der Waals surface area contributed by atoms with Crippen molar-refractivity contribution in [3.63, 3.8) is 0 Å². The number of hydrogen-bond acceptors (Lipinski definition) is 4. The van der Waals surface area contributed by atoms with Gasteiger partial charge in [0.1, 0.15) is 6.61 Å². The summed E-state index contributed by atoms with van der Waals surface area (Å²) >= 11 is 0. The SMILES string of the molecule is COCCOC1=CC=CC(OCCN)C1. The van der Waals surface area contributed by atoms with E-state index < -0.39 is 0 Å². The summed E-state index contributed by atoms with van der Waals surface area (Å²) in [5.74, 6) is 0.941. The predicted molar refractivity (Wildman–Crippen MR) is 58.5 cm³/mol. The molecule has 1 aliphatic carbocycles. The fraction of sp³-hybridized carbons (Fsp3) is 0.636. The molecule has 0 radical (unpaired) electrons. The van der Waals surface area contributed by atoms with Gasteiger partial charge in [-0.2, -0.15) is 0 Å². The van der Waals surface area contributed by atoms with Gasteiger partial charge in [-0.1, -0.05) is 12.2 Å². The van der Waals surface area contributed by atoms with Crippen molar-refractivity contribution in [3.8, 4) is 0 Å². The minimum Gasteiger partial charge on any atom is -0.495 e. The zero-order valence-electron chi connectivity index (χ0n) is 9.15. The smallest absolute Gasteiger partial charge is 0.111 e. The van der Waals surface area contributed by atoms with E-state index in [0.29, 0.717) is 26.4 Å². The quantitative estimate of drug-likeness (QED) is 0.637. The van der Waals surface area contributed by atoms with Gasteiger partial charge in [-0.05, 0) is 6.08 Å². The average molecular weight is 213 g/mol. The van der Waals surface area contributed by atoms with E-state index in [-0.39, 0.29) is 6.10 Å². The van der Waals surface area contributed by atoms with E-state index in [1.54, 1.807) is 7.11 Å². The topological polar surface area (TPSA) is 53.7 Å². The van der Waals surface area contributed by atoms with Crippen LogP contribution in [0.15, 0.2) is 24.0 Å². The zero-order valence-corrected chi connectivity index (χ0v) is 9.15. The Bertz CT molecular complexity index is 226. The number of rotatable bonds is 7. The van der Waals surface area contributed by atoms with Gasteiger partial charge in [-0.25, -0.2) is 0 Å². The Hall–Kier alpha value is -0.840. The second-order valence-corrected chi connectivity index (χ2v) is 3.26. The van der Waals surface area contributed by atoms with Crippen LogP contribution in [0.5, 0.6) is 0 Å². The number of hydrogen-bond donors (Lipinski definition) is 1. The molecule has 0 aromatic heterocycles. The molecular weight excluding hydrogens is 194 g/mol. The summed E-state index contributed by atoms with van der Waals surface area (Å²) in [4.78, 5) is 0. The summed E-state index contributed by atoms with van der Waals surface area (Å²) in [5.41, 5.74) is 5.37. The van der Waals surface area contributed by atoms with E-state index in [2.05, 4.69) is 0 Å². The minimum absolute atomic E-state index is 0.0936. The fourth-order valence-corrected chi connectivity index (χ4v) is 1.32. The molecule has 0 saturated heterocycles. The van der Waals surface area contributed by atoms with Gasteiger partial charge in [0.05, 0.1) is 25.1 Å². The zero-order chi connectivity index (χ0) is 10.9. The first-order valence-electron chi connectivity index (χ1n) is 5.17. The van der Waals surface area contributed by atoms with Crippen molar-refractivity contribution in [1.29, 1.82) is 0 Å².